The van der Waals surface area contributed by atoms with Crippen molar-refractivity contribution in [3.63, 3.8) is 0 Å². The number of anilines is 1. The van der Waals surface area contributed by atoms with Gasteiger partial charge in [0.05, 0.1) is 11.8 Å². The van der Waals surface area contributed by atoms with Gasteiger partial charge in [0.25, 0.3) is 0 Å². The Balaban J connectivity index is 2.27. The van der Waals surface area contributed by atoms with Gasteiger partial charge in [-0.15, -0.1) is 0 Å². The zero-order valence-corrected chi connectivity index (χ0v) is 9.75. The van der Waals surface area contributed by atoms with E-state index >= 15 is 0 Å². The second kappa shape index (κ2) is 4.75. The summed E-state index contributed by atoms with van der Waals surface area (Å²) in [6.45, 7) is 1.87. The molecule has 2 rings (SSSR count). The first-order valence-electron chi connectivity index (χ1n) is 5.29. The lowest BCUT2D eigenvalue weighted by atomic mass is 10.2. The Bertz CT molecular complexity index is 579. The third kappa shape index (κ3) is 2.57. The summed E-state index contributed by atoms with van der Waals surface area (Å²) in [5.74, 6) is -0.131. The van der Waals surface area contributed by atoms with Gasteiger partial charge in [0.15, 0.2) is 0 Å². The monoisotopic (exact) mass is 244 g/mol. The number of nitrogens with zero attached hydrogens (tertiary/aromatic N) is 1. The number of hydrogen-bond acceptors (Lipinski definition) is 4. The standard InChI is InChI=1S/C13H12N2O3/c1-8-2-3-10(7-15-8)18-9-4-5-12(14)11(6-9)13(16)17/h2-7H,14H2,1H3,(H,16,17). The number of aromatic nitrogens is 1. The van der Waals surface area contributed by atoms with Gasteiger partial charge in [-0.25, -0.2) is 4.79 Å². The first kappa shape index (κ1) is 11.9. The van der Waals surface area contributed by atoms with E-state index in [-0.39, 0.29) is 11.3 Å². The predicted octanol–water partition coefficient (Wildman–Crippen LogP) is 2.46. The SMILES string of the molecule is Cc1ccc(Oc2ccc(N)c(C(=O)O)c2)cn1. The van der Waals surface area contributed by atoms with E-state index in [0.717, 1.165) is 5.69 Å². The van der Waals surface area contributed by atoms with Gasteiger partial charge in [-0.1, -0.05) is 0 Å². The van der Waals surface area contributed by atoms with Crippen LogP contribution in [0.1, 0.15) is 16.1 Å². The minimum atomic E-state index is -1.08. The number of nitrogens with two attached hydrogens (primary N) is 1. The lowest BCUT2D eigenvalue weighted by Crippen LogP contribution is -2.02. The zero-order chi connectivity index (χ0) is 13.1. The van der Waals surface area contributed by atoms with Crippen molar-refractivity contribution in [1.29, 1.82) is 0 Å². The molecule has 1 aromatic carbocycles. The van der Waals surface area contributed by atoms with Crippen molar-refractivity contribution in [3.8, 4) is 11.5 Å². The highest BCUT2D eigenvalue weighted by molar-refractivity contribution is 5.94. The number of aryl methyl sites for hydroxylation is 1. The fourth-order valence-corrected chi connectivity index (χ4v) is 1.43. The highest BCUT2D eigenvalue weighted by Gasteiger charge is 2.09. The Kier molecular flexibility index (Phi) is 3.14. The third-order valence-corrected chi connectivity index (χ3v) is 2.38. The maximum Gasteiger partial charge on any atom is 0.337 e. The summed E-state index contributed by atoms with van der Waals surface area (Å²) in [6, 6.07) is 8.07. The van der Waals surface area contributed by atoms with Gasteiger partial charge in [0.2, 0.25) is 0 Å². The predicted molar refractivity (Wildman–Crippen MR) is 66.9 cm³/mol. The largest absolute Gasteiger partial charge is 0.478 e. The van der Waals surface area contributed by atoms with Crippen LogP contribution in [-0.2, 0) is 0 Å². The van der Waals surface area contributed by atoms with Crippen LogP contribution in [0.3, 0.4) is 0 Å². The third-order valence-electron chi connectivity index (χ3n) is 2.38. The fourth-order valence-electron chi connectivity index (χ4n) is 1.43. The molecule has 0 aliphatic carbocycles. The molecule has 1 heterocycles. The van der Waals surface area contributed by atoms with Crippen molar-refractivity contribution in [2.75, 3.05) is 5.73 Å². The summed E-state index contributed by atoms with van der Waals surface area (Å²) in [6.07, 6.45) is 1.58. The lowest BCUT2D eigenvalue weighted by Gasteiger charge is -2.07. The lowest BCUT2D eigenvalue weighted by molar-refractivity contribution is 0.0697. The summed E-state index contributed by atoms with van der Waals surface area (Å²) in [7, 11) is 0. The number of nitrogen functional groups attached to an aromatic ring is 1. The molecule has 0 unspecified atom stereocenters. The number of aromatic carboxylic acids is 1. The molecule has 0 spiro atoms. The number of ether oxygens (including phenoxy) is 1. The zero-order valence-electron chi connectivity index (χ0n) is 9.75. The van der Waals surface area contributed by atoms with E-state index in [1.54, 1.807) is 18.3 Å². The van der Waals surface area contributed by atoms with Crippen molar-refractivity contribution >= 4 is 11.7 Å². The van der Waals surface area contributed by atoms with Crippen molar-refractivity contribution in [2.24, 2.45) is 0 Å². The van der Waals surface area contributed by atoms with Crippen LogP contribution in [0.15, 0.2) is 36.5 Å². The number of carboxylic acid groups (broad SMARTS) is 1. The Morgan fingerprint density at radius 1 is 1.28 bits per heavy atom. The van der Waals surface area contributed by atoms with Gasteiger partial charge in [0.1, 0.15) is 11.5 Å². The van der Waals surface area contributed by atoms with Gasteiger partial charge >= 0.3 is 5.97 Å². The van der Waals surface area contributed by atoms with E-state index in [4.69, 9.17) is 15.6 Å². The molecule has 0 aliphatic rings. The number of pyridine rings is 1. The maximum absolute atomic E-state index is 10.9. The summed E-state index contributed by atoms with van der Waals surface area (Å²) in [5, 5.41) is 8.94. The maximum atomic E-state index is 10.9. The van der Waals surface area contributed by atoms with E-state index in [2.05, 4.69) is 4.98 Å². The summed E-state index contributed by atoms with van der Waals surface area (Å²) >= 11 is 0. The van der Waals surface area contributed by atoms with Crippen LogP contribution in [-0.4, -0.2) is 16.1 Å². The Morgan fingerprint density at radius 3 is 2.61 bits per heavy atom. The highest BCUT2D eigenvalue weighted by atomic mass is 16.5. The van der Waals surface area contributed by atoms with E-state index in [9.17, 15) is 4.79 Å². The van der Waals surface area contributed by atoms with E-state index in [1.165, 1.54) is 12.1 Å². The number of benzene rings is 1. The van der Waals surface area contributed by atoms with E-state index in [0.29, 0.717) is 11.5 Å². The van der Waals surface area contributed by atoms with E-state index < -0.39 is 5.97 Å². The number of carboxylic acids is 1. The Hall–Kier alpha value is -2.56. The fraction of sp³-hybridized carbons (Fsp3) is 0.0769. The molecule has 0 aliphatic heterocycles. The molecule has 0 saturated carbocycles. The minimum absolute atomic E-state index is 0.0209. The molecule has 0 atom stereocenters. The van der Waals surface area contributed by atoms with Crippen LogP contribution in [0.4, 0.5) is 5.69 Å². The summed E-state index contributed by atoms with van der Waals surface area (Å²) < 4.78 is 5.50. The van der Waals surface area contributed by atoms with Crippen molar-refractivity contribution in [2.45, 2.75) is 6.92 Å². The molecule has 18 heavy (non-hydrogen) atoms. The number of carbonyl (C=O) groups is 1. The van der Waals surface area contributed by atoms with Crippen LogP contribution < -0.4 is 10.5 Å². The molecule has 0 fully saturated rings. The van der Waals surface area contributed by atoms with E-state index in [1.807, 2.05) is 13.0 Å². The van der Waals surface area contributed by atoms with Crippen LogP contribution in [0, 0.1) is 6.92 Å². The smallest absolute Gasteiger partial charge is 0.337 e. The van der Waals surface area contributed by atoms with Crippen LogP contribution in [0.5, 0.6) is 11.5 Å². The van der Waals surface area contributed by atoms with Crippen LogP contribution in [0.25, 0.3) is 0 Å². The molecule has 5 heteroatoms. The average molecular weight is 244 g/mol. The minimum Gasteiger partial charge on any atom is -0.478 e. The van der Waals surface area contributed by atoms with Gasteiger partial charge < -0.3 is 15.6 Å². The molecule has 0 saturated heterocycles. The Labute approximate surface area is 104 Å². The number of rotatable bonds is 3. The van der Waals surface area contributed by atoms with Crippen LogP contribution in [0.2, 0.25) is 0 Å². The quantitative estimate of drug-likeness (QED) is 0.810. The molecular weight excluding hydrogens is 232 g/mol. The van der Waals surface area contributed by atoms with Gasteiger partial charge in [-0.05, 0) is 37.3 Å². The van der Waals surface area contributed by atoms with Crippen molar-refractivity contribution in [3.05, 3.63) is 47.8 Å². The second-order valence-electron chi connectivity index (χ2n) is 3.79. The molecule has 0 amide bonds. The molecule has 0 bridgehead atoms. The molecule has 2 aromatic rings. The van der Waals surface area contributed by atoms with Crippen molar-refractivity contribution < 1.29 is 14.6 Å². The topological polar surface area (TPSA) is 85.4 Å². The van der Waals surface area contributed by atoms with Crippen LogP contribution >= 0.6 is 0 Å². The van der Waals surface area contributed by atoms with Crippen molar-refractivity contribution in [1.82, 2.24) is 4.98 Å². The second-order valence-corrected chi connectivity index (χ2v) is 3.79. The molecular formula is C13H12N2O3. The first-order valence-corrected chi connectivity index (χ1v) is 5.29. The molecule has 92 valence electrons. The first-order chi connectivity index (χ1) is 8.56. The summed E-state index contributed by atoms with van der Waals surface area (Å²) in [4.78, 5) is 15.0. The molecule has 0 radical (unpaired) electrons. The summed E-state index contributed by atoms with van der Waals surface area (Å²) in [5.41, 5.74) is 6.66. The normalized spacial score (nSPS) is 10.1. The molecule has 1 aromatic heterocycles. The highest BCUT2D eigenvalue weighted by Crippen LogP contribution is 2.24. The average Bonchev–Trinajstić information content (AvgIpc) is 2.34. The Morgan fingerprint density at radius 2 is 2.00 bits per heavy atom. The van der Waals surface area contributed by atoms with Gasteiger partial charge in [-0.2, -0.15) is 0 Å². The molecule has 3 N–H and O–H groups in total. The number of hydrogen-bond donors (Lipinski definition) is 2. The van der Waals surface area contributed by atoms with Gasteiger partial charge in [0, 0.05) is 11.4 Å². The van der Waals surface area contributed by atoms with Gasteiger partial charge in [-0.3, -0.25) is 4.98 Å². The molecule has 5 nitrogen and oxygen atoms in total.